The number of halogens is 1. The molecule has 0 aliphatic carbocycles. The highest BCUT2D eigenvalue weighted by atomic mass is 79.9. The summed E-state index contributed by atoms with van der Waals surface area (Å²) in [4.78, 5) is 0. The Balaban J connectivity index is 1.96. The highest BCUT2D eigenvalue weighted by molar-refractivity contribution is 9.10. The minimum atomic E-state index is 0.429. The Morgan fingerprint density at radius 2 is 2.04 bits per heavy atom. The fourth-order valence-electron chi connectivity index (χ4n) is 1.80. The Morgan fingerprint density at radius 3 is 2.78 bits per heavy atom. The van der Waals surface area contributed by atoms with Gasteiger partial charge in [-0.05, 0) is 49.0 Å². The largest absolute Gasteiger partial charge is 0.493 e. The van der Waals surface area contributed by atoms with Crippen LogP contribution in [0, 0.1) is 0 Å². The SMILES string of the molecule is CCCOc1ccc(Br)cc1/C=N\NC(=S)Nc1ccccc1. The quantitative estimate of drug-likeness (QED) is 0.430. The average molecular weight is 392 g/mol. The predicted molar refractivity (Wildman–Crippen MR) is 103 cm³/mol. The summed E-state index contributed by atoms with van der Waals surface area (Å²) in [6, 6.07) is 15.5. The minimum Gasteiger partial charge on any atom is -0.493 e. The van der Waals surface area contributed by atoms with E-state index in [1.54, 1.807) is 6.21 Å². The van der Waals surface area contributed by atoms with Crippen molar-refractivity contribution in [3.8, 4) is 5.75 Å². The number of nitrogens with zero attached hydrogens (tertiary/aromatic N) is 1. The molecule has 0 atom stereocenters. The third-order valence-corrected chi connectivity index (χ3v) is 3.52. The maximum Gasteiger partial charge on any atom is 0.191 e. The summed E-state index contributed by atoms with van der Waals surface area (Å²) < 4.78 is 6.67. The first-order valence-electron chi connectivity index (χ1n) is 7.26. The molecule has 2 rings (SSSR count). The zero-order valence-corrected chi connectivity index (χ0v) is 15.2. The lowest BCUT2D eigenvalue weighted by atomic mass is 10.2. The van der Waals surface area contributed by atoms with Crippen LogP contribution >= 0.6 is 28.1 Å². The van der Waals surface area contributed by atoms with Crippen molar-refractivity contribution in [1.82, 2.24) is 5.43 Å². The summed E-state index contributed by atoms with van der Waals surface area (Å²) in [5.41, 5.74) is 4.59. The summed E-state index contributed by atoms with van der Waals surface area (Å²) in [6.45, 7) is 2.74. The molecule has 23 heavy (non-hydrogen) atoms. The van der Waals surface area contributed by atoms with Gasteiger partial charge in [0.15, 0.2) is 5.11 Å². The summed E-state index contributed by atoms with van der Waals surface area (Å²) in [6.07, 6.45) is 2.64. The number of hydrogen-bond acceptors (Lipinski definition) is 3. The van der Waals surface area contributed by atoms with Crippen LogP contribution in [0.3, 0.4) is 0 Å². The van der Waals surface area contributed by atoms with E-state index < -0.39 is 0 Å². The molecule has 0 bridgehead atoms. The lowest BCUT2D eigenvalue weighted by Gasteiger charge is -2.09. The van der Waals surface area contributed by atoms with Crippen molar-refractivity contribution in [2.75, 3.05) is 11.9 Å². The molecule has 0 spiro atoms. The van der Waals surface area contributed by atoms with Gasteiger partial charge in [-0.15, -0.1) is 0 Å². The molecular formula is C17H18BrN3OS. The molecule has 120 valence electrons. The monoisotopic (exact) mass is 391 g/mol. The Morgan fingerprint density at radius 1 is 1.26 bits per heavy atom. The maximum atomic E-state index is 5.71. The summed E-state index contributed by atoms with van der Waals surface area (Å²) in [7, 11) is 0. The molecule has 0 aromatic heterocycles. The molecule has 0 heterocycles. The van der Waals surface area contributed by atoms with Gasteiger partial charge in [0.25, 0.3) is 0 Å². The maximum absolute atomic E-state index is 5.71. The molecule has 0 unspecified atom stereocenters. The van der Waals surface area contributed by atoms with Crippen molar-refractivity contribution >= 4 is 45.2 Å². The third-order valence-electron chi connectivity index (χ3n) is 2.83. The lowest BCUT2D eigenvalue weighted by molar-refractivity contribution is 0.317. The minimum absolute atomic E-state index is 0.429. The van der Waals surface area contributed by atoms with Gasteiger partial charge in [0.1, 0.15) is 5.75 Å². The molecule has 0 fully saturated rings. The van der Waals surface area contributed by atoms with Gasteiger partial charge in [0.2, 0.25) is 0 Å². The third kappa shape index (κ3) is 6.00. The van der Waals surface area contributed by atoms with Crippen molar-refractivity contribution in [3.05, 3.63) is 58.6 Å². The van der Waals surface area contributed by atoms with E-state index in [9.17, 15) is 0 Å². The van der Waals surface area contributed by atoms with E-state index in [1.807, 2.05) is 48.5 Å². The van der Waals surface area contributed by atoms with Crippen LogP contribution in [-0.4, -0.2) is 17.9 Å². The zero-order valence-electron chi connectivity index (χ0n) is 12.8. The summed E-state index contributed by atoms with van der Waals surface area (Å²) in [5.74, 6) is 0.794. The first kappa shape index (κ1) is 17.4. The van der Waals surface area contributed by atoms with Gasteiger partial charge in [-0.2, -0.15) is 5.10 Å². The molecule has 0 radical (unpaired) electrons. The molecule has 4 nitrogen and oxygen atoms in total. The van der Waals surface area contributed by atoms with E-state index in [-0.39, 0.29) is 0 Å². The molecule has 0 aliphatic rings. The normalized spacial score (nSPS) is 10.5. The van der Waals surface area contributed by atoms with Crippen molar-refractivity contribution in [2.24, 2.45) is 5.10 Å². The van der Waals surface area contributed by atoms with Crippen LogP contribution in [0.25, 0.3) is 0 Å². The van der Waals surface area contributed by atoms with Crippen LogP contribution in [-0.2, 0) is 0 Å². The predicted octanol–water partition coefficient (Wildman–Crippen LogP) is 4.56. The smallest absolute Gasteiger partial charge is 0.191 e. The number of rotatable bonds is 6. The standard InChI is InChI=1S/C17H18BrN3OS/c1-2-10-22-16-9-8-14(18)11-13(16)12-19-21-17(23)20-15-6-4-3-5-7-15/h3-9,11-12H,2,10H2,1H3,(H2,20,21,23)/b19-12-. The Bertz CT molecular complexity index is 677. The van der Waals surface area contributed by atoms with E-state index in [4.69, 9.17) is 17.0 Å². The number of anilines is 1. The van der Waals surface area contributed by atoms with Gasteiger partial charge < -0.3 is 10.1 Å². The number of thiocarbonyl (C=S) groups is 1. The van der Waals surface area contributed by atoms with Crippen molar-refractivity contribution in [2.45, 2.75) is 13.3 Å². The van der Waals surface area contributed by atoms with Gasteiger partial charge in [-0.3, -0.25) is 5.43 Å². The summed E-state index contributed by atoms with van der Waals surface area (Å²) in [5, 5.41) is 7.65. The molecule has 2 N–H and O–H groups in total. The van der Waals surface area contributed by atoms with Crippen molar-refractivity contribution < 1.29 is 4.74 Å². The molecule has 2 aromatic carbocycles. The highest BCUT2D eigenvalue weighted by Gasteiger charge is 2.02. The number of ether oxygens (including phenoxy) is 1. The second kappa shape index (κ2) is 9.27. The molecule has 6 heteroatoms. The summed E-state index contributed by atoms with van der Waals surface area (Å²) >= 11 is 8.66. The van der Waals surface area contributed by atoms with Crippen LogP contribution in [0.4, 0.5) is 5.69 Å². The molecular weight excluding hydrogens is 374 g/mol. The molecule has 2 aromatic rings. The van der Waals surface area contributed by atoms with Crippen LogP contribution < -0.4 is 15.5 Å². The van der Waals surface area contributed by atoms with E-state index in [0.29, 0.717) is 11.7 Å². The van der Waals surface area contributed by atoms with Gasteiger partial charge in [0.05, 0.1) is 12.8 Å². The van der Waals surface area contributed by atoms with Crippen molar-refractivity contribution in [3.63, 3.8) is 0 Å². The fourth-order valence-corrected chi connectivity index (χ4v) is 2.35. The van der Waals surface area contributed by atoms with E-state index in [1.165, 1.54) is 0 Å². The Labute approximate surface area is 150 Å². The average Bonchev–Trinajstić information content (AvgIpc) is 2.55. The Kier molecular flexibility index (Phi) is 7.03. The first-order chi connectivity index (χ1) is 11.2. The van der Waals surface area contributed by atoms with E-state index in [0.717, 1.165) is 27.9 Å². The molecule has 0 saturated carbocycles. The van der Waals surface area contributed by atoms with Gasteiger partial charge in [0, 0.05) is 15.7 Å². The fraction of sp³-hybridized carbons (Fsp3) is 0.176. The first-order valence-corrected chi connectivity index (χ1v) is 8.46. The van der Waals surface area contributed by atoms with Crippen LogP contribution in [0.1, 0.15) is 18.9 Å². The zero-order chi connectivity index (χ0) is 16.5. The van der Waals surface area contributed by atoms with E-state index in [2.05, 4.69) is 38.7 Å². The molecule has 0 aliphatic heterocycles. The number of benzene rings is 2. The number of hydrazone groups is 1. The van der Waals surface area contributed by atoms with Crippen LogP contribution in [0.15, 0.2) is 58.1 Å². The number of para-hydroxylation sites is 1. The van der Waals surface area contributed by atoms with Gasteiger partial charge in [-0.25, -0.2) is 0 Å². The number of hydrogen-bond donors (Lipinski definition) is 2. The van der Waals surface area contributed by atoms with E-state index >= 15 is 0 Å². The topological polar surface area (TPSA) is 45.6 Å². The van der Waals surface area contributed by atoms with Crippen LogP contribution in [0.2, 0.25) is 0 Å². The van der Waals surface area contributed by atoms with Gasteiger partial charge in [-0.1, -0.05) is 41.1 Å². The van der Waals surface area contributed by atoms with Crippen LogP contribution in [0.5, 0.6) is 5.75 Å². The second-order valence-corrected chi connectivity index (χ2v) is 6.04. The van der Waals surface area contributed by atoms with Crippen molar-refractivity contribution in [1.29, 1.82) is 0 Å². The number of nitrogens with one attached hydrogen (secondary N) is 2. The second-order valence-electron chi connectivity index (χ2n) is 4.72. The molecule has 0 amide bonds. The molecule has 0 saturated heterocycles. The highest BCUT2D eigenvalue weighted by Crippen LogP contribution is 2.21. The Hall–Kier alpha value is -1.92. The van der Waals surface area contributed by atoms with Gasteiger partial charge >= 0.3 is 0 Å². The lowest BCUT2D eigenvalue weighted by Crippen LogP contribution is -2.23.